The van der Waals surface area contributed by atoms with Gasteiger partial charge in [0.15, 0.2) is 0 Å². The van der Waals surface area contributed by atoms with Gasteiger partial charge in [0.1, 0.15) is 0 Å². The molecule has 0 atom stereocenters. The van der Waals surface area contributed by atoms with Gasteiger partial charge in [-0.2, -0.15) is 0 Å². The van der Waals surface area contributed by atoms with Gasteiger partial charge in [0.25, 0.3) is 0 Å². The molecular formula is C55H37NS. The normalized spacial score (nSPS) is 12.7. The van der Waals surface area contributed by atoms with Crippen LogP contribution in [0.3, 0.4) is 0 Å². The predicted octanol–water partition coefficient (Wildman–Crippen LogP) is 15.2. The van der Waals surface area contributed by atoms with Crippen LogP contribution in [0.15, 0.2) is 224 Å². The second-order valence-corrected chi connectivity index (χ2v) is 15.9. The van der Waals surface area contributed by atoms with E-state index in [1.807, 2.05) is 11.3 Å². The molecule has 268 valence electrons. The molecule has 1 heterocycles. The van der Waals surface area contributed by atoms with Crippen LogP contribution in [-0.4, -0.2) is 0 Å². The van der Waals surface area contributed by atoms with Crippen molar-refractivity contribution < 1.29 is 0 Å². The van der Waals surface area contributed by atoms with Crippen LogP contribution in [0.1, 0.15) is 22.3 Å². The third-order valence-corrected chi connectivity index (χ3v) is 13.0. The van der Waals surface area contributed by atoms with Gasteiger partial charge in [-0.25, -0.2) is 0 Å². The number of fused-ring (bicyclic) bond motifs is 6. The van der Waals surface area contributed by atoms with E-state index in [1.54, 1.807) is 0 Å². The van der Waals surface area contributed by atoms with Crippen molar-refractivity contribution in [2.45, 2.75) is 5.41 Å². The van der Waals surface area contributed by atoms with Gasteiger partial charge in [-0.15, -0.1) is 11.3 Å². The minimum Gasteiger partial charge on any atom is -0.309 e. The maximum Gasteiger partial charge on any atom is 0.0713 e. The van der Waals surface area contributed by atoms with Gasteiger partial charge in [0.2, 0.25) is 0 Å². The van der Waals surface area contributed by atoms with Crippen molar-refractivity contribution in [2.24, 2.45) is 0 Å². The highest BCUT2D eigenvalue weighted by molar-refractivity contribution is 7.26. The van der Waals surface area contributed by atoms with Crippen LogP contribution >= 0.6 is 11.3 Å². The molecule has 0 unspecified atom stereocenters. The summed E-state index contributed by atoms with van der Waals surface area (Å²) < 4.78 is 2.58. The van der Waals surface area contributed by atoms with Gasteiger partial charge in [0, 0.05) is 26.8 Å². The molecular weight excluding hydrogens is 707 g/mol. The Hall–Kier alpha value is -7.00. The van der Waals surface area contributed by atoms with E-state index in [0.717, 1.165) is 11.4 Å². The lowest BCUT2D eigenvalue weighted by Crippen LogP contribution is -2.28. The first kappa shape index (κ1) is 33.3. The van der Waals surface area contributed by atoms with Crippen LogP contribution in [0.5, 0.6) is 0 Å². The molecule has 0 N–H and O–H groups in total. The molecule has 1 aliphatic carbocycles. The number of nitrogens with zero attached hydrogens (tertiary/aromatic N) is 1. The fourth-order valence-electron chi connectivity index (χ4n) is 9.20. The highest BCUT2D eigenvalue weighted by Gasteiger charge is 2.45. The Morgan fingerprint density at radius 3 is 1.42 bits per heavy atom. The van der Waals surface area contributed by atoms with Gasteiger partial charge >= 0.3 is 0 Å². The van der Waals surface area contributed by atoms with Crippen LogP contribution in [0.2, 0.25) is 0 Å². The first-order valence-corrected chi connectivity index (χ1v) is 20.4. The van der Waals surface area contributed by atoms with E-state index in [2.05, 4.69) is 229 Å². The lowest BCUT2D eigenvalue weighted by molar-refractivity contribution is 0.768. The second kappa shape index (κ2) is 13.6. The standard InChI is InChI=1S/C55H37NS/c1-3-14-38(15-4-1)39-26-28-40(29-27-39)41-30-34-44(35-31-41)56(52-24-13-21-49-48-20-9-12-25-53(48)57-54(49)52)45-36-32-43(33-37-45)55(42-16-5-2-6-17-42)50-22-10-7-18-46(50)47-19-8-11-23-51(47)55/h1-37H. The molecule has 1 aromatic heterocycles. The van der Waals surface area contributed by atoms with Crippen molar-refractivity contribution >= 4 is 48.6 Å². The van der Waals surface area contributed by atoms with Crippen LogP contribution in [-0.2, 0) is 5.41 Å². The van der Waals surface area contributed by atoms with E-state index in [9.17, 15) is 0 Å². The Balaban J connectivity index is 1.06. The van der Waals surface area contributed by atoms with E-state index in [0.29, 0.717) is 0 Å². The van der Waals surface area contributed by atoms with Gasteiger partial charge in [0.05, 0.1) is 15.8 Å². The third-order valence-electron chi connectivity index (χ3n) is 11.8. The van der Waals surface area contributed by atoms with Crippen LogP contribution in [0.25, 0.3) is 53.6 Å². The van der Waals surface area contributed by atoms with E-state index in [-0.39, 0.29) is 0 Å². The van der Waals surface area contributed by atoms with Gasteiger partial charge in [-0.1, -0.05) is 188 Å². The Morgan fingerprint density at radius 1 is 0.333 bits per heavy atom. The molecule has 0 fully saturated rings. The summed E-state index contributed by atoms with van der Waals surface area (Å²) in [5, 5.41) is 2.58. The summed E-state index contributed by atoms with van der Waals surface area (Å²) >= 11 is 1.87. The summed E-state index contributed by atoms with van der Waals surface area (Å²) in [7, 11) is 0. The molecule has 1 aliphatic rings. The monoisotopic (exact) mass is 743 g/mol. The van der Waals surface area contributed by atoms with Crippen LogP contribution in [0, 0.1) is 0 Å². The number of hydrogen-bond acceptors (Lipinski definition) is 2. The highest BCUT2D eigenvalue weighted by Crippen LogP contribution is 2.56. The van der Waals surface area contributed by atoms with Crippen molar-refractivity contribution in [3.63, 3.8) is 0 Å². The molecule has 0 radical (unpaired) electrons. The summed E-state index contributed by atoms with van der Waals surface area (Å²) in [6, 6.07) is 82.4. The van der Waals surface area contributed by atoms with E-state index >= 15 is 0 Å². The van der Waals surface area contributed by atoms with Crippen molar-refractivity contribution in [1.29, 1.82) is 0 Å². The van der Waals surface area contributed by atoms with Crippen LogP contribution in [0.4, 0.5) is 17.1 Å². The largest absolute Gasteiger partial charge is 0.309 e. The molecule has 57 heavy (non-hydrogen) atoms. The first-order chi connectivity index (χ1) is 28.3. The third kappa shape index (κ3) is 5.37. The molecule has 0 amide bonds. The molecule has 1 nitrogen and oxygen atoms in total. The second-order valence-electron chi connectivity index (χ2n) is 14.8. The Morgan fingerprint density at radius 2 is 0.789 bits per heavy atom. The molecule has 11 rings (SSSR count). The molecule has 0 spiro atoms. The van der Waals surface area contributed by atoms with E-state index < -0.39 is 5.41 Å². The number of anilines is 3. The van der Waals surface area contributed by atoms with Gasteiger partial charge in [-0.3, -0.25) is 0 Å². The average Bonchev–Trinajstić information content (AvgIpc) is 3.82. The van der Waals surface area contributed by atoms with Gasteiger partial charge in [-0.05, 0) is 92.0 Å². The van der Waals surface area contributed by atoms with Crippen molar-refractivity contribution in [3.8, 4) is 33.4 Å². The molecule has 0 bridgehead atoms. The first-order valence-electron chi connectivity index (χ1n) is 19.6. The number of benzene rings is 9. The topological polar surface area (TPSA) is 3.24 Å². The number of rotatable bonds is 7. The zero-order chi connectivity index (χ0) is 37.8. The summed E-state index contributed by atoms with van der Waals surface area (Å²) in [5.41, 5.74) is 15.6. The summed E-state index contributed by atoms with van der Waals surface area (Å²) in [4.78, 5) is 2.44. The number of thiophene rings is 1. The summed E-state index contributed by atoms with van der Waals surface area (Å²) in [5.74, 6) is 0. The molecule has 0 saturated carbocycles. The zero-order valence-electron chi connectivity index (χ0n) is 31.2. The predicted molar refractivity (Wildman–Crippen MR) is 242 cm³/mol. The van der Waals surface area contributed by atoms with E-state index in [4.69, 9.17) is 0 Å². The quantitative estimate of drug-likeness (QED) is 0.157. The SMILES string of the molecule is c1ccc(-c2ccc(-c3ccc(N(c4ccc(C5(c6ccccc6)c6ccccc6-c6ccccc65)cc4)c4cccc5c4sc4ccccc45)cc3)cc2)cc1. The molecule has 9 aromatic carbocycles. The lowest BCUT2D eigenvalue weighted by atomic mass is 9.68. The van der Waals surface area contributed by atoms with Gasteiger partial charge < -0.3 is 4.90 Å². The summed E-state index contributed by atoms with van der Waals surface area (Å²) in [6.45, 7) is 0. The highest BCUT2D eigenvalue weighted by atomic mass is 32.1. The molecule has 0 saturated heterocycles. The van der Waals surface area contributed by atoms with Crippen molar-refractivity contribution in [1.82, 2.24) is 0 Å². The zero-order valence-corrected chi connectivity index (χ0v) is 32.0. The molecule has 0 aliphatic heterocycles. The Bertz CT molecular complexity index is 2990. The van der Waals surface area contributed by atoms with Crippen LogP contribution < -0.4 is 4.90 Å². The Labute approximate surface area is 337 Å². The fraction of sp³-hybridized carbons (Fsp3) is 0.0182. The summed E-state index contributed by atoms with van der Waals surface area (Å²) in [6.07, 6.45) is 0. The van der Waals surface area contributed by atoms with E-state index in [1.165, 1.54) is 81.5 Å². The molecule has 10 aromatic rings. The maximum absolute atomic E-state index is 2.44. The molecule has 2 heteroatoms. The fourth-order valence-corrected chi connectivity index (χ4v) is 10.4. The number of hydrogen-bond donors (Lipinski definition) is 0. The average molecular weight is 744 g/mol. The Kier molecular flexibility index (Phi) is 7.98. The minimum atomic E-state index is -0.443. The maximum atomic E-state index is 2.44. The van der Waals surface area contributed by atoms with Crippen molar-refractivity contribution in [3.05, 3.63) is 247 Å². The smallest absolute Gasteiger partial charge is 0.0713 e. The van der Waals surface area contributed by atoms with Crippen molar-refractivity contribution in [2.75, 3.05) is 4.90 Å². The lowest BCUT2D eigenvalue weighted by Gasteiger charge is -2.34. The minimum absolute atomic E-state index is 0.443.